The average molecular weight is 202 g/mol. The van der Waals surface area contributed by atoms with Crippen LogP contribution in [0, 0.1) is 0 Å². The van der Waals surface area contributed by atoms with Crippen LogP contribution in [0.4, 0.5) is 17.1 Å². The van der Waals surface area contributed by atoms with E-state index < -0.39 is 0 Å². The number of likely N-dealkylation sites (N-methyl/N-ethyl adjacent to an activating group) is 1. The molecule has 0 saturated carbocycles. The van der Waals surface area contributed by atoms with E-state index in [0.717, 1.165) is 37.6 Å². The third-order valence-electron chi connectivity index (χ3n) is 3.09. The highest BCUT2D eigenvalue weighted by atomic mass is 15.3. The van der Waals surface area contributed by atoms with E-state index in [4.69, 9.17) is 0 Å². The molecule has 0 aliphatic carbocycles. The molecule has 0 atom stereocenters. The highest BCUT2D eigenvalue weighted by Gasteiger charge is 2.17. The van der Waals surface area contributed by atoms with Gasteiger partial charge in [-0.25, -0.2) is 0 Å². The number of piperazine rings is 1. The minimum atomic E-state index is 1.02. The smallest absolute Gasteiger partial charge is 0.115 e. The second kappa shape index (κ2) is 3.31. The quantitative estimate of drug-likeness (QED) is 0.709. The molecule has 78 valence electrons. The van der Waals surface area contributed by atoms with Crippen LogP contribution in [0.2, 0.25) is 0 Å². The molecule has 0 radical (unpaired) electrons. The summed E-state index contributed by atoms with van der Waals surface area (Å²) in [6.07, 6.45) is 0. The minimum absolute atomic E-state index is 1.02. The summed E-state index contributed by atoms with van der Waals surface area (Å²) in [5, 5.41) is 7.92. The topological polar surface area (TPSA) is 31.2 Å². The number of fused-ring (bicyclic) bond motifs is 1. The molecule has 4 heteroatoms. The summed E-state index contributed by atoms with van der Waals surface area (Å²) in [6, 6.07) is 6.33. The predicted molar refractivity (Wildman–Crippen MR) is 60.3 cm³/mol. The van der Waals surface area contributed by atoms with Gasteiger partial charge in [0.2, 0.25) is 0 Å². The van der Waals surface area contributed by atoms with E-state index in [9.17, 15) is 0 Å². The molecule has 15 heavy (non-hydrogen) atoms. The normalized spacial score (nSPS) is 19.9. The Hall–Kier alpha value is -1.42. The molecule has 0 amide bonds. The van der Waals surface area contributed by atoms with Gasteiger partial charge in [0.15, 0.2) is 0 Å². The van der Waals surface area contributed by atoms with Crippen molar-refractivity contribution in [1.29, 1.82) is 0 Å². The van der Waals surface area contributed by atoms with Crippen LogP contribution in [0.15, 0.2) is 28.4 Å². The van der Waals surface area contributed by atoms with Gasteiger partial charge in [-0.05, 0) is 25.2 Å². The SMILES string of the molecule is CN1CCN(c2ccc3c(c2)N=N3)CC1. The van der Waals surface area contributed by atoms with Crippen molar-refractivity contribution in [1.82, 2.24) is 4.90 Å². The number of benzene rings is 1. The largest absolute Gasteiger partial charge is 0.369 e. The lowest BCUT2D eigenvalue weighted by Crippen LogP contribution is -2.44. The molecule has 4 nitrogen and oxygen atoms in total. The molecule has 0 aromatic heterocycles. The number of anilines is 1. The summed E-state index contributed by atoms with van der Waals surface area (Å²) < 4.78 is 0. The van der Waals surface area contributed by atoms with Crippen LogP contribution in [0.1, 0.15) is 0 Å². The van der Waals surface area contributed by atoms with E-state index in [1.54, 1.807) is 0 Å². The standard InChI is InChI=1S/C11H14N4/c1-14-4-6-15(7-5-14)9-2-3-10-11(8-9)13-12-10/h2-3,8H,4-7H2,1H3. The third kappa shape index (κ3) is 1.51. The Labute approximate surface area is 89.2 Å². The number of hydrogen-bond donors (Lipinski definition) is 0. The Balaban J connectivity index is 1.79. The Morgan fingerprint density at radius 1 is 1.00 bits per heavy atom. The molecule has 1 aromatic rings. The lowest BCUT2D eigenvalue weighted by molar-refractivity contribution is 0.313. The van der Waals surface area contributed by atoms with Crippen LogP contribution in [-0.4, -0.2) is 38.1 Å². The molecule has 0 N–H and O–H groups in total. The van der Waals surface area contributed by atoms with Gasteiger partial charge < -0.3 is 9.80 Å². The van der Waals surface area contributed by atoms with E-state index in [1.807, 2.05) is 0 Å². The van der Waals surface area contributed by atoms with Gasteiger partial charge in [-0.2, -0.15) is 0 Å². The van der Waals surface area contributed by atoms with E-state index in [1.165, 1.54) is 5.69 Å². The Morgan fingerprint density at radius 3 is 2.33 bits per heavy atom. The average Bonchev–Trinajstić information content (AvgIpc) is 2.22. The molecule has 1 aromatic carbocycles. The minimum Gasteiger partial charge on any atom is -0.369 e. The van der Waals surface area contributed by atoms with E-state index in [0.29, 0.717) is 0 Å². The van der Waals surface area contributed by atoms with Gasteiger partial charge in [0.25, 0.3) is 0 Å². The fourth-order valence-corrected chi connectivity index (χ4v) is 2.00. The first kappa shape index (κ1) is 8.85. The van der Waals surface area contributed by atoms with E-state index >= 15 is 0 Å². The summed E-state index contributed by atoms with van der Waals surface area (Å²) in [5.41, 5.74) is 3.33. The highest BCUT2D eigenvalue weighted by Crippen LogP contribution is 2.40. The van der Waals surface area contributed by atoms with Crippen molar-refractivity contribution in [3.05, 3.63) is 18.2 Å². The monoisotopic (exact) mass is 202 g/mol. The van der Waals surface area contributed by atoms with Gasteiger partial charge in [-0.3, -0.25) is 0 Å². The first-order valence-electron chi connectivity index (χ1n) is 5.32. The zero-order valence-electron chi connectivity index (χ0n) is 8.85. The third-order valence-corrected chi connectivity index (χ3v) is 3.09. The lowest BCUT2D eigenvalue weighted by atomic mass is 10.2. The Kier molecular flexibility index (Phi) is 1.95. The predicted octanol–water partition coefficient (Wildman–Crippen LogP) is 2.17. The van der Waals surface area contributed by atoms with E-state index in [-0.39, 0.29) is 0 Å². The summed E-state index contributed by atoms with van der Waals surface area (Å²) in [7, 11) is 2.17. The van der Waals surface area contributed by atoms with Crippen molar-refractivity contribution in [2.75, 3.05) is 38.1 Å². The van der Waals surface area contributed by atoms with Gasteiger partial charge >= 0.3 is 0 Å². The van der Waals surface area contributed by atoms with Crippen molar-refractivity contribution in [3.8, 4) is 0 Å². The summed E-state index contributed by atoms with van der Waals surface area (Å²) in [4.78, 5) is 4.77. The molecular weight excluding hydrogens is 188 g/mol. The van der Waals surface area contributed by atoms with Crippen LogP contribution in [0.25, 0.3) is 0 Å². The summed E-state index contributed by atoms with van der Waals surface area (Å²) in [5.74, 6) is 0. The second-order valence-electron chi connectivity index (χ2n) is 4.16. The first-order chi connectivity index (χ1) is 7.33. The molecular formula is C11H14N4. The molecule has 3 rings (SSSR count). The maximum Gasteiger partial charge on any atom is 0.115 e. The molecule has 2 heterocycles. The van der Waals surface area contributed by atoms with Gasteiger partial charge in [-0.15, -0.1) is 10.2 Å². The van der Waals surface area contributed by atoms with Crippen molar-refractivity contribution in [2.45, 2.75) is 0 Å². The first-order valence-corrected chi connectivity index (χ1v) is 5.32. The van der Waals surface area contributed by atoms with Gasteiger partial charge in [0, 0.05) is 31.9 Å². The highest BCUT2D eigenvalue weighted by molar-refractivity contribution is 5.72. The van der Waals surface area contributed by atoms with Gasteiger partial charge in [0.1, 0.15) is 11.4 Å². The van der Waals surface area contributed by atoms with Gasteiger partial charge in [-0.1, -0.05) is 0 Å². The fourth-order valence-electron chi connectivity index (χ4n) is 2.00. The molecule has 0 spiro atoms. The number of azo groups is 1. The molecule has 0 bridgehead atoms. The van der Waals surface area contributed by atoms with Crippen LogP contribution >= 0.6 is 0 Å². The second-order valence-corrected chi connectivity index (χ2v) is 4.16. The van der Waals surface area contributed by atoms with Gasteiger partial charge in [0.05, 0.1) is 0 Å². The summed E-state index contributed by atoms with van der Waals surface area (Å²) in [6.45, 7) is 4.48. The molecule has 2 aliphatic heterocycles. The fraction of sp³-hybridized carbons (Fsp3) is 0.455. The zero-order valence-corrected chi connectivity index (χ0v) is 8.85. The molecule has 2 aliphatic rings. The van der Waals surface area contributed by atoms with E-state index in [2.05, 4.69) is 45.3 Å². The zero-order chi connectivity index (χ0) is 10.3. The lowest BCUT2D eigenvalue weighted by Gasteiger charge is -2.34. The van der Waals surface area contributed by atoms with Crippen molar-refractivity contribution in [2.24, 2.45) is 10.2 Å². The van der Waals surface area contributed by atoms with Crippen LogP contribution in [0.5, 0.6) is 0 Å². The molecule has 1 fully saturated rings. The van der Waals surface area contributed by atoms with Crippen LogP contribution in [0.3, 0.4) is 0 Å². The maximum absolute atomic E-state index is 3.99. The van der Waals surface area contributed by atoms with Crippen LogP contribution in [-0.2, 0) is 0 Å². The number of hydrogen-bond acceptors (Lipinski definition) is 4. The molecule has 0 unspecified atom stereocenters. The maximum atomic E-state index is 3.99. The Bertz CT molecular complexity index is 405. The number of nitrogens with zero attached hydrogens (tertiary/aromatic N) is 4. The summed E-state index contributed by atoms with van der Waals surface area (Å²) >= 11 is 0. The van der Waals surface area contributed by atoms with Crippen molar-refractivity contribution < 1.29 is 0 Å². The van der Waals surface area contributed by atoms with Crippen molar-refractivity contribution in [3.63, 3.8) is 0 Å². The van der Waals surface area contributed by atoms with Crippen molar-refractivity contribution >= 4 is 17.1 Å². The van der Waals surface area contributed by atoms with Crippen LogP contribution < -0.4 is 4.90 Å². The Morgan fingerprint density at radius 2 is 1.73 bits per heavy atom. The number of rotatable bonds is 1. The molecule has 1 saturated heterocycles.